The Morgan fingerprint density at radius 3 is 2.56 bits per heavy atom. The molecule has 0 saturated heterocycles. The standard InChI is InChI=1S/C13H17O3/c1-3-5-6-11-7-9-12(10-8-11)13(14)16-15-4-2/h7-10H,2-6H2,1H3. The topological polar surface area (TPSA) is 35.5 Å². The van der Waals surface area contributed by atoms with Gasteiger partial charge in [0.25, 0.3) is 0 Å². The molecule has 3 heteroatoms. The highest BCUT2D eigenvalue weighted by Gasteiger charge is 2.07. The summed E-state index contributed by atoms with van der Waals surface area (Å²) in [5.74, 6) is -0.481. The van der Waals surface area contributed by atoms with E-state index < -0.39 is 5.97 Å². The number of hydrogen-bond donors (Lipinski definition) is 0. The van der Waals surface area contributed by atoms with E-state index in [1.165, 1.54) is 12.0 Å². The average Bonchev–Trinajstić information content (AvgIpc) is 2.34. The molecular formula is C13H17O3. The van der Waals surface area contributed by atoms with Gasteiger partial charge in [-0.15, -0.1) is 0 Å². The average molecular weight is 221 g/mol. The van der Waals surface area contributed by atoms with Crippen molar-refractivity contribution in [1.29, 1.82) is 0 Å². The van der Waals surface area contributed by atoms with Gasteiger partial charge in [0, 0.05) is 0 Å². The van der Waals surface area contributed by atoms with Gasteiger partial charge in [0.1, 0.15) is 0 Å². The maximum Gasteiger partial charge on any atom is 0.373 e. The number of aryl methyl sites for hydroxylation is 1. The lowest BCUT2D eigenvalue weighted by molar-refractivity contribution is -0.232. The Labute approximate surface area is 96.3 Å². The third-order valence-electron chi connectivity index (χ3n) is 2.23. The highest BCUT2D eigenvalue weighted by Crippen LogP contribution is 2.09. The first-order chi connectivity index (χ1) is 7.77. The number of unbranched alkanes of at least 4 members (excludes halogenated alkanes) is 1. The van der Waals surface area contributed by atoms with Crippen LogP contribution in [0.4, 0.5) is 0 Å². The molecule has 0 aliphatic heterocycles. The zero-order chi connectivity index (χ0) is 11.8. The molecule has 1 rings (SSSR count). The van der Waals surface area contributed by atoms with E-state index in [2.05, 4.69) is 23.6 Å². The number of carbonyl (C=O) groups excluding carboxylic acids is 1. The lowest BCUT2D eigenvalue weighted by Gasteiger charge is -2.03. The van der Waals surface area contributed by atoms with E-state index in [1.807, 2.05) is 12.1 Å². The van der Waals surface area contributed by atoms with Crippen molar-refractivity contribution in [2.75, 3.05) is 6.61 Å². The number of rotatable bonds is 6. The number of benzene rings is 1. The second kappa shape index (κ2) is 7.01. The largest absolute Gasteiger partial charge is 0.373 e. The van der Waals surface area contributed by atoms with Crippen LogP contribution < -0.4 is 0 Å². The molecule has 3 nitrogen and oxygen atoms in total. The molecule has 0 saturated carbocycles. The van der Waals surface area contributed by atoms with E-state index in [0.29, 0.717) is 5.56 Å². The summed E-state index contributed by atoms with van der Waals surface area (Å²) < 4.78 is 0. The third-order valence-corrected chi connectivity index (χ3v) is 2.23. The maximum absolute atomic E-state index is 11.4. The minimum atomic E-state index is -0.481. The Bertz CT molecular complexity index is 316. The fourth-order valence-electron chi connectivity index (χ4n) is 1.33. The van der Waals surface area contributed by atoms with Gasteiger partial charge in [-0.2, -0.15) is 4.89 Å². The molecule has 0 fully saturated rings. The van der Waals surface area contributed by atoms with Crippen molar-refractivity contribution < 1.29 is 14.6 Å². The monoisotopic (exact) mass is 221 g/mol. The zero-order valence-electron chi connectivity index (χ0n) is 9.57. The summed E-state index contributed by atoms with van der Waals surface area (Å²) in [6, 6.07) is 7.38. The minimum absolute atomic E-state index is 0.111. The van der Waals surface area contributed by atoms with Gasteiger partial charge in [-0.1, -0.05) is 25.5 Å². The first-order valence-electron chi connectivity index (χ1n) is 5.50. The summed E-state index contributed by atoms with van der Waals surface area (Å²) in [4.78, 5) is 20.3. The molecule has 0 unspecified atom stereocenters. The lowest BCUT2D eigenvalue weighted by Crippen LogP contribution is -2.05. The minimum Gasteiger partial charge on any atom is -0.293 e. The molecule has 0 heterocycles. The van der Waals surface area contributed by atoms with Gasteiger partial charge in [0.05, 0.1) is 12.2 Å². The van der Waals surface area contributed by atoms with E-state index in [-0.39, 0.29) is 6.61 Å². The molecule has 0 aliphatic carbocycles. The first-order valence-corrected chi connectivity index (χ1v) is 5.50. The van der Waals surface area contributed by atoms with Gasteiger partial charge >= 0.3 is 5.97 Å². The smallest absolute Gasteiger partial charge is 0.293 e. The Hall–Kier alpha value is -1.35. The molecule has 0 aromatic heterocycles. The van der Waals surface area contributed by atoms with Crippen LogP contribution in [0.5, 0.6) is 0 Å². The van der Waals surface area contributed by atoms with Gasteiger partial charge in [0.15, 0.2) is 0 Å². The van der Waals surface area contributed by atoms with Crippen molar-refractivity contribution in [1.82, 2.24) is 0 Å². The molecule has 0 amide bonds. The highest BCUT2D eigenvalue weighted by molar-refractivity contribution is 5.88. The molecule has 1 aromatic carbocycles. The molecule has 16 heavy (non-hydrogen) atoms. The molecule has 87 valence electrons. The molecule has 0 bridgehead atoms. The first kappa shape index (κ1) is 12.7. The molecule has 1 radical (unpaired) electrons. The summed E-state index contributed by atoms with van der Waals surface area (Å²) in [6.45, 7) is 5.67. The lowest BCUT2D eigenvalue weighted by atomic mass is 10.1. The number of hydrogen-bond acceptors (Lipinski definition) is 3. The van der Waals surface area contributed by atoms with Crippen LogP contribution in [0.2, 0.25) is 0 Å². The second-order valence-electron chi connectivity index (χ2n) is 3.49. The van der Waals surface area contributed by atoms with Crippen molar-refractivity contribution >= 4 is 5.97 Å². The van der Waals surface area contributed by atoms with Crippen LogP contribution in [-0.4, -0.2) is 12.6 Å². The van der Waals surface area contributed by atoms with E-state index in [1.54, 1.807) is 12.1 Å². The predicted molar refractivity (Wildman–Crippen MR) is 61.8 cm³/mol. The van der Waals surface area contributed by atoms with Gasteiger partial charge < -0.3 is 0 Å². The van der Waals surface area contributed by atoms with Crippen molar-refractivity contribution in [3.8, 4) is 0 Å². The van der Waals surface area contributed by atoms with Crippen LogP contribution in [0, 0.1) is 6.92 Å². The Balaban J connectivity index is 2.53. The van der Waals surface area contributed by atoms with Crippen LogP contribution in [0.15, 0.2) is 24.3 Å². The van der Waals surface area contributed by atoms with Crippen LogP contribution >= 0.6 is 0 Å². The second-order valence-corrected chi connectivity index (χ2v) is 3.49. The van der Waals surface area contributed by atoms with Crippen molar-refractivity contribution in [2.24, 2.45) is 0 Å². The van der Waals surface area contributed by atoms with E-state index in [0.717, 1.165) is 12.8 Å². The van der Waals surface area contributed by atoms with Gasteiger partial charge in [0.2, 0.25) is 0 Å². The van der Waals surface area contributed by atoms with Crippen molar-refractivity contribution in [2.45, 2.75) is 26.2 Å². The summed E-state index contributed by atoms with van der Waals surface area (Å²) in [5, 5.41) is 0. The highest BCUT2D eigenvalue weighted by atomic mass is 17.2. The normalized spacial score (nSPS) is 10.1. The van der Waals surface area contributed by atoms with E-state index in [9.17, 15) is 4.79 Å². The van der Waals surface area contributed by atoms with E-state index in [4.69, 9.17) is 0 Å². The maximum atomic E-state index is 11.4. The van der Waals surface area contributed by atoms with Crippen molar-refractivity contribution in [3.63, 3.8) is 0 Å². The molecule has 0 aliphatic rings. The molecular weight excluding hydrogens is 204 g/mol. The van der Waals surface area contributed by atoms with Crippen LogP contribution in [0.25, 0.3) is 0 Å². The fraction of sp³-hybridized carbons (Fsp3) is 0.385. The predicted octanol–water partition coefficient (Wildman–Crippen LogP) is 2.95. The Morgan fingerprint density at radius 1 is 1.31 bits per heavy atom. The zero-order valence-corrected chi connectivity index (χ0v) is 9.57. The number of carbonyl (C=O) groups is 1. The van der Waals surface area contributed by atoms with Crippen LogP contribution in [0.1, 0.15) is 35.7 Å². The third kappa shape index (κ3) is 4.03. The molecule has 0 N–H and O–H groups in total. The fourth-order valence-corrected chi connectivity index (χ4v) is 1.33. The molecule has 0 atom stereocenters. The SMILES string of the molecule is [CH2]COOC(=O)c1ccc(CCCC)cc1. The van der Waals surface area contributed by atoms with Gasteiger partial charge in [-0.25, -0.2) is 4.79 Å². The van der Waals surface area contributed by atoms with Crippen molar-refractivity contribution in [3.05, 3.63) is 42.3 Å². The Morgan fingerprint density at radius 2 is 2.00 bits per heavy atom. The van der Waals surface area contributed by atoms with Gasteiger partial charge in [-0.3, -0.25) is 4.89 Å². The van der Waals surface area contributed by atoms with Crippen LogP contribution in [-0.2, 0) is 16.2 Å². The van der Waals surface area contributed by atoms with Gasteiger partial charge in [-0.05, 0) is 37.5 Å². The summed E-state index contributed by atoms with van der Waals surface area (Å²) >= 11 is 0. The summed E-state index contributed by atoms with van der Waals surface area (Å²) in [5.41, 5.74) is 1.73. The van der Waals surface area contributed by atoms with E-state index >= 15 is 0 Å². The molecule has 1 aromatic rings. The van der Waals surface area contributed by atoms with Crippen LogP contribution in [0.3, 0.4) is 0 Å². The summed E-state index contributed by atoms with van der Waals surface area (Å²) in [6.07, 6.45) is 3.37. The molecule has 0 spiro atoms. The summed E-state index contributed by atoms with van der Waals surface area (Å²) in [7, 11) is 0. The Kier molecular flexibility index (Phi) is 5.57. The quantitative estimate of drug-likeness (QED) is 0.547.